The van der Waals surface area contributed by atoms with E-state index in [4.69, 9.17) is 5.11 Å². The Hall–Kier alpha value is -1.71. The Morgan fingerprint density at radius 2 is 2.05 bits per heavy atom. The molecule has 0 radical (unpaired) electrons. The van der Waals surface area contributed by atoms with E-state index in [-0.39, 0.29) is 18.5 Å². The first kappa shape index (κ1) is 17.3. The normalized spacial score (nSPS) is 11.7. The number of hydrogen-bond donors (Lipinski definition) is 2. The van der Waals surface area contributed by atoms with Gasteiger partial charge in [0.2, 0.25) is 20.9 Å². The molecule has 0 unspecified atom stereocenters. The van der Waals surface area contributed by atoms with Gasteiger partial charge in [-0.1, -0.05) is 21.9 Å². The maximum atomic E-state index is 11.7. The van der Waals surface area contributed by atoms with Gasteiger partial charge < -0.3 is 5.11 Å². The summed E-state index contributed by atoms with van der Waals surface area (Å²) in [5, 5.41) is 8.86. The van der Waals surface area contributed by atoms with Crippen molar-refractivity contribution in [2.75, 3.05) is 12.3 Å². The molecule has 0 saturated heterocycles. The highest BCUT2D eigenvalue weighted by molar-refractivity contribution is 7.97. The van der Waals surface area contributed by atoms with Gasteiger partial charge in [0.15, 0.2) is 0 Å². The van der Waals surface area contributed by atoms with Crippen LogP contribution in [0.25, 0.3) is 0 Å². The van der Waals surface area contributed by atoms with Crippen LogP contribution in [0, 0.1) is 0 Å². The smallest absolute Gasteiger partial charge is 0.335 e. The summed E-state index contributed by atoms with van der Waals surface area (Å²) in [6, 6.07) is 5.88. The molecule has 0 bridgehead atoms. The molecule has 0 fully saturated rings. The molecule has 0 aromatic heterocycles. The fourth-order valence-electron chi connectivity index (χ4n) is 1.64. The van der Waals surface area contributed by atoms with Crippen molar-refractivity contribution >= 4 is 26.9 Å². The second kappa shape index (κ2) is 7.34. The van der Waals surface area contributed by atoms with E-state index >= 15 is 0 Å². The van der Waals surface area contributed by atoms with Crippen LogP contribution in [0.15, 0.2) is 36.9 Å². The number of carbonyl (C=O) groups is 1. The van der Waals surface area contributed by atoms with Gasteiger partial charge in [-0.25, -0.2) is 21.6 Å². The molecule has 0 aliphatic carbocycles. The molecule has 116 valence electrons. The molecule has 7 nitrogen and oxygen atoms in total. The molecule has 0 heterocycles. The summed E-state index contributed by atoms with van der Waals surface area (Å²) >= 11 is 0. The Morgan fingerprint density at radius 3 is 2.57 bits per heavy atom. The molecule has 0 amide bonds. The first-order valence-electron chi connectivity index (χ1n) is 5.86. The third kappa shape index (κ3) is 4.96. The van der Waals surface area contributed by atoms with Crippen molar-refractivity contribution in [3.8, 4) is 0 Å². The van der Waals surface area contributed by atoms with E-state index in [0.29, 0.717) is 9.27 Å². The lowest BCUT2D eigenvalue weighted by atomic mass is 10.1. The van der Waals surface area contributed by atoms with Crippen molar-refractivity contribution in [1.82, 2.24) is 3.71 Å². The van der Waals surface area contributed by atoms with E-state index in [1.54, 1.807) is 6.07 Å². The van der Waals surface area contributed by atoms with Crippen LogP contribution in [-0.2, 0) is 27.3 Å². The first-order chi connectivity index (χ1) is 9.77. The van der Waals surface area contributed by atoms with Crippen LogP contribution < -0.4 is 0 Å². The van der Waals surface area contributed by atoms with Crippen LogP contribution in [0.3, 0.4) is 0 Å². The van der Waals surface area contributed by atoms with Gasteiger partial charge in [0.1, 0.15) is 0 Å². The van der Waals surface area contributed by atoms with Gasteiger partial charge in [-0.05, 0) is 24.1 Å². The van der Waals surface area contributed by atoms with Gasteiger partial charge in [0.05, 0.1) is 11.3 Å². The summed E-state index contributed by atoms with van der Waals surface area (Å²) in [7, 11) is -7.26. The van der Waals surface area contributed by atoms with Crippen molar-refractivity contribution < 1.29 is 26.7 Å². The van der Waals surface area contributed by atoms with Crippen LogP contribution >= 0.6 is 0 Å². The number of aromatic carboxylic acids is 1. The number of hydrogen-bond acceptors (Lipinski definition) is 5. The van der Waals surface area contributed by atoms with Gasteiger partial charge in [-0.15, -0.1) is 6.58 Å². The summed E-state index contributed by atoms with van der Waals surface area (Å²) in [5.41, 5.74) is 0.588. The zero-order chi connectivity index (χ0) is 16.0. The van der Waals surface area contributed by atoms with Crippen LogP contribution in [0.5, 0.6) is 0 Å². The maximum absolute atomic E-state index is 11.7. The van der Waals surface area contributed by atoms with Crippen molar-refractivity contribution in [3.63, 3.8) is 0 Å². The van der Waals surface area contributed by atoms with Crippen LogP contribution in [0.1, 0.15) is 15.9 Å². The Kier molecular flexibility index (Phi) is 6.06. The lowest BCUT2D eigenvalue weighted by Crippen LogP contribution is -2.33. The van der Waals surface area contributed by atoms with E-state index in [9.17, 15) is 21.6 Å². The van der Waals surface area contributed by atoms with Gasteiger partial charge in [0.25, 0.3) is 0 Å². The molecule has 0 saturated carbocycles. The van der Waals surface area contributed by atoms with E-state index in [1.165, 1.54) is 18.2 Å². The Labute approximate surface area is 124 Å². The lowest BCUT2D eigenvalue weighted by molar-refractivity contribution is 0.0696. The topological polar surface area (TPSA) is 109 Å². The fraction of sp³-hybridized carbons (Fsp3) is 0.250. The summed E-state index contributed by atoms with van der Waals surface area (Å²) < 4.78 is 46.0. The van der Waals surface area contributed by atoms with Gasteiger partial charge in [0, 0.05) is 6.54 Å². The molecular formula is C12H15NO6S2. The average Bonchev–Trinajstić information content (AvgIpc) is 2.38. The molecule has 0 atom stereocenters. The molecular weight excluding hydrogens is 318 g/mol. The summed E-state index contributed by atoms with van der Waals surface area (Å²) in [6.07, 6.45) is 1.19. The number of carboxylic acid groups (broad SMARTS) is 1. The Morgan fingerprint density at radius 1 is 1.38 bits per heavy atom. The molecule has 1 aromatic carbocycles. The first-order valence-corrected chi connectivity index (χ1v) is 8.59. The molecule has 1 rings (SSSR count). The Bertz CT molecular complexity index is 700. The van der Waals surface area contributed by atoms with Crippen molar-refractivity contribution in [2.24, 2.45) is 0 Å². The molecule has 1 aromatic rings. The predicted octanol–water partition coefficient (Wildman–Crippen LogP) is 0.272. The number of carboxylic acids is 1. The average molecular weight is 333 g/mol. The largest absolute Gasteiger partial charge is 0.478 e. The second-order valence-electron chi connectivity index (χ2n) is 4.11. The minimum absolute atomic E-state index is 0.0551. The summed E-state index contributed by atoms with van der Waals surface area (Å²) in [6.45, 7) is 2.99. The highest BCUT2D eigenvalue weighted by atomic mass is 32.3. The molecule has 21 heavy (non-hydrogen) atoms. The molecule has 0 spiro atoms. The quantitative estimate of drug-likeness (QED) is 0.522. The van der Waals surface area contributed by atoms with Crippen molar-refractivity contribution in [2.45, 2.75) is 6.42 Å². The van der Waals surface area contributed by atoms with Crippen LogP contribution in [0.4, 0.5) is 0 Å². The zero-order valence-electron chi connectivity index (χ0n) is 11.0. The van der Waals surface area contributed by atoms with E-state index in [2.05, 4.69) is 6.58 Å². The monoisotopic (exact) mass is 333 g/mol. The van der Waals surface area contributed by atoms with Crippen molar-refractivity contribution in [3.05, 3.63) is 48.0 Å². The summed E-state index contributed by atoms with van der Waals surface area (Å²) in [5.74, 6) is -1.59. The van der Waals surface area contributed by atoms with Gasteiger partial charge in [-0.3, -0.25) is 0 Å². The highest BCUT2D eigenvalue weighted by Gasteiger charge is 2.22. The highest BCUT2D eigenvalue weighted by Crippen LogP contribution is 2.09. The minimum atomic E-state index is -3.97. The molecule has 9 heteroatoms. The van der Waals surface area contributed by atoms with Crippen LogP contribution in [0.2, 0.25) is 0 Å². The predicted molar refractivity (Wildman–Crippen MR) is 78.1 cm³/mol. The molecule has 0 aliphatic rings. The second-order valence-corrected chi connectivity index (χ2v) is 7.27. The number of sulfonamides is 1. The zero-order valence-corrected chi connectivity index (χ0v) is 12.7. The number of benzene rings is 1. The third-order valence-electron chi connectivity index (χ3n) is 2.60. The number of thiol groups is 1. The standard InChI is InChI=1S/C12H15NO6S2/c1-2-8-21(18,19)13(20(16)17)7-6-10-4-3-5-11(9-10)12(14)15/h2-5,9,20H,1,6-8H2,(H,14,15). The summed E-state index contributed by atoms with van der Waals surface area (Å²) in [4.78, 5) is 10.8. The van der Waals surface area contributed by atoms with E-state index in [1.807, 2.05) is 0 Å². The van der Waals surface area contributed by atoms with E-state index in [0.717, 1.165) is 6.08 Å². The Balaban J connectivity index is 2.91. The maximum Gasteiger partial charge on any atom is 0.335 e. The SMILES string of the molecule is C=CCS(=O)(=O)N(CCc1cccc(C(=O)O)c1)[SH](=O)=O. The van der Waals surface area contributed by atoms with Gasteiger partial charge >= 0.3 is 5.97 Å². The van der Waals surface area contributed by atoms with Gasteiger partial charge in [-0.2, -0.15) is 0 Å². The van der Waals surface area contributed by atoms with Crippen LogP contribution in [-0.4, -0.2) is 43.9 Å². The van der Waals surface area contributed by atoms with Crippen molar-refractivity contribution in [1.29, 1.82) is 0 Å². The third-order valence-corrected chi connectivity index (χ3v) is 5.79. The fourth-order valence-corrected chi connectivity index (χ4v) is 3.76. The number of nitrogens with zero attached hydrogens (tertiary/aromatic N) is 1. The molecule has 0 aliphatic heterocycles. The minimum Gasteiger partial charge on any atom is -0.478 e. The van der Waals surface area contributed by atoms with E-state index < -0.39 is 32.6 Å². The lowest BCUT2D eigenvalue weighted by Gasteiger charge is -2.14. The molecule has 1 N–H and O–H groups in total. The number of rotatable bonds is 8.